The molecule has 0 unspecified atom stereocenters. The number of para-hydroxylation sites is 1. The number of H-pyrrole nitrogens is 1. The summed E-state index contributed by atoms with van der Waals surface area (Å²) in [6.07, 6.45) is -1.08. The number of rotatable bonds is 3. The first-order valence-corrected chi connectivity index (χ1v) is 11.1. The molecule has 1 aliphatic heterocycles. The number of aromatic amines is 1. The Labute approximate surface area is 185 Å². The molecule has 1 fully saturated rings. The van der Waals surface area contributed by atoms with E-state index in [4.69, 9.17) is 9.72 Å². The number of thiophene rings is 1. The highest BCUT2D eigenvalue weighted by Crippen LogP contribution is 2.51. The molecular weight excluding hydrogens is 470 g/mol. The van der Waals surface area contributed by atoms with Crippen LogP contribution in [0.1, 0.15) is 33.0 Å². The van der Waals surface area contributed by atoms with Crippen molar-refractivity contribution in [3.8, 4) is 5.75 Å². The SMILES string of the molecule is CC(C)(C)[C@]1(c2nc3cc(Br)sc3c(=O)[nH]2)C[C@@H](Oc2ccccc2)CN1C(=O)O. The van der Waals surface area contributed by atoms with Crippen LogP contribution in [-0.4, -0.2) is 38.7 Å². The number of nitrogens with zero attached hydrogens (tertiary/aromatic N) is 2. The first kappa shape index (κ1) is 20.9. The lowest BCUT2D eigenvalue weighted by molar-refractivity contribution is 0.0207. The molecule has 0 saturated carbocycles. The number of ether oxygens (including phenoxy) is 1. The molecule has 158 valence electrons. The van der Waals surface area contributed by atoms with Crippen molar-refractivity contribution in [1.29, 1.82) is 0 Å². The van der Waals surface area contributed by atoms with Crippen molar-refractivity contribution in [3.63, 3.8) is 0 Å². The van der Waals surface area contributed by atoms with E-state index in [-0.39, 0.29) is 18.2 Å². The molecular formula is C21H22BrN3O4S. The Morgan fingerprint density at radius 3 is 2.70 bits per heavy atom. The normalized spacial score (nSPS) is 21.9. The summed E-state index contributed by atoms with van der Waals surface area (Å²) in [6.45, 7) is 6.06. The smallest absolute Gasteiger partial charge is 0.408 e. The van der Waals surface area contributed by atoms with E-state index in [1.807, 2.05) is 51.1 Å². The van der Waals surface area contributed by atoms with Crippen LogP contribution in [0.25, 0.3) is 10.2 Å². The molecule has 0 radical (unpaired) electrons. The Hall–Kier alpha value is -2.39. The van der Waals surface area contributed by atoms with Crippen molar-refractivity contribution in [2.24, 2.45) is 5.41 Å². The first-order chi connectivity index (χ1) is 14.1. The van der Waals surface area contributed by atoms with E-state index in [0.717, 1.165) is 3.79 Å². The third kappa shape index (κ3) is 3.39. The Balaban J connectivity index is 1.86. The number of benzene rings is 1. The van der Waals surface area contributed by atoms with Crippen molar-refractivity contribution < 1.29 is 14.6 Å². The number of hydrogen-bond acceptors (Lipinski definition) is 5. The van der Waals surface area contributed by atoms with Crippen LogP contribution >= 0.6 is 27.3 Å². The van der Waals surface area contributed by atoms with Crippen LogP contribution in [0.4, 0.5) is 4.79 Å². The van der Waals surface area contributed by atoms with Gasteiger partial charge in [0.15, 0.2) is 0 Å². The monoisotopic (exact) mass is 491 g/mol. The minimum atomic E-state index is -1.07. The number of carbonyl (C=O) groups is 1. The highest BCUT2D eigenvalue weighted by Gasteiger charge is 2.58. The van der Waals surface area contributed by atoms with Gasteiger partial charge in [-0.15, -0.1) is 11.3 Å². The molecule has 1 amide bonds. The van der Waals surface area contributed by atoms with Gasteiger partial charge in [0.25, 0.3) is 5.56 Å². The third-order valence-electron chi connectivity index (χ3n) is 5.63. The second-order valence-electron chi connectivity index (χ2n) is 8.44. The van der Waals surface area contributed by atoms with E-state index in [0.29, 0.717) is 28.2 Å². The lowest BCUT2D eigenvalue weighted by Gasteiger charge is -2.45. The number of hydrogen-bond donors (Lipinski definition) is 2. The molecule has 3 heterocycles. The quantitative estimate of drug-likeness (QED) is 0.547. The summed E-state index contributed by atoms with van der Waals surface area (Å²) in [5, 5.41) is 10.1. The van der Waals surface area contributed by atoms with E-state index >= 15 is 0 Å². The molecule has 1 aliphatic rings. The van der Waals surface area contributed by atoms with E-state index in [9.17, 15) is 14.7 Å². The number of halogens is 1. The van der Waals surface area contributed by atoms with Crippen LogP contribution in [0.2, 0.25) is 0 Å². The third-order valence-corrected chi connectivity index (χ3v) is 7.26. The largest absolute Gasteiger partial charge is 0.488 e. The van der Waals surface area contributed by atoms with Crippen molar-refractivity contribution in [2.45, 2.75) is 38.8 Å². The van der Waals surface area contributed by atoms with Crippen LogP contribution < -0.4 is 10.3 Å². The number of aromatic nitrogens is 2. The summed E-state index contributed by atoms with van der Waals surface area (Å²) >= 11 is 4.70. The standard InChI is InChI=1S/C21H22BrN3O4S/c1-20(2,3)21(18-23-14-9-15(22)30-16(14)17(26)24-18)10-13(11-25(21)19(27)28)29-12-7-5-4-6-8-12/h4-9,13H,10-11H2,1-3H3,(H,27,28)(H,23,24,26)/t13-,21-/m1/s1. The first-order valence-electron chi connectivity index (χ1n) is 9.54. The fraction of sp³-hybridized carbons (Fsp3) is 0.381. The van der Waals surface area contributed by atoms with Crippen molar-refractivity contribution in [2.75, 3.05) is 6.54 Å². The molecule has 1 aromatic carbocycles. The maximum atomic E-state index is 12.8. The number of nitrogens with one attached hydrogen (secondary N) is 1. The van der Waals surface area contributed by atoms with Crippen molar-refractivity contribution in [3.05, 3.63) is 56.4 Å². The van der Waals surface area contributed by atoms with Crippen LogP contribution in [0.5, 0.6) is 5.75 Å². The maximum absolute atomic E-state index is 12.8. The molecule has 7 nitrogen and oxygen atoms in total. The van der Waals surface area contributed by atoms with Crippen LogP contribution in [0.3, 0.4) is 0 Å². The van der Waals surface area contributed by atoms with Crippen LogP contribution in [0, 0.1) is 5.41 Å². The van der Waals surface area contributed by atoms with Gasteiger partial charge in [0.05, 0.1) is 15.8 Å². The second kappa shape index (κ2) is 7.39. The van der Waals surface area contributed by atoms with E-state index in [2.05, 4.69) is 20.9 Å². The zero-order valence-electron chi connectivity index (χ0n) is 16.8. The topological polar surface area (TPSA) is 95.5 Å². The summed E-state index contributed by atoms with van der Waals surface area (Å²) in [5.74, 6) is 1.02. The molecule has 2 N–H and O–H groups in total. The minimum Gasteiger partial charge on any atom is -0.488 e. The molecule has 9 heteroatoms. The molecule has 0 spiro atoms. The predicted octanol–water partition coefficient (Wildman–Crippen LogP) is 4.82. The van der Waals surface area contributed by atoms with Gasteiger partial charge in [0, 0.05) is 6.42 Å². The van der Waals surface area contributed by atoms with E-state index < -0.39 is 17.0 Å². The number of likely N-dealkylation sites (tertiary alicyclic amines) is 1. The van der Waals surface area contributed by atoms with Gasteiger partial charge in [0.2, 0.25) is 0 Å². The lowest BCUT2D eigenvalue weighted by atomic mass is 9.70. The highest BCUT2D eigenvalue weighted by atomic mass is 79.9. The fourth-order valence-corrected chi connectivity index (χ4v) is 5.69. The number of carboxylic acid groups (broad SMARTS) is 1. The lowest BCUT2D eigenvalue weighted by Crippen LogP contribution is -2.54. The summed E-state index contributed by atoms with van der Waals surface area (Å²) in [7, 11) is 0. The minimum absolute atomic E-state index is 0.177. The molecule has 1 saturated heterocycles. The van der Waals surface area contributed by atoms with Gasteiger partial charge < -0.3 is 14.8 Å². The molecule has 4 rings (SSSR count). The molecule has 3 aromatic rings. The Kier molecular flexibility index (Phi) is 5.14. The fourth-order valence-electron chi connectivity index (χ4n) is 4.27. The molecule has 2 aromatic heterocycles. The van der Waals surface area contributed by atoms with Gasteiger partial charge in [-0.1, -0.05) is 39.0 Å². The Morgan fingerprint density at radius 2 is 2.07 bits per heavy atom. The van der Waals surface area contributed by atoms with Gasteiger partial charge in [-0.25, -0.2) is 9.78 Å². The predicted molar refractivity (Wildman–Crippen MR) is 119 cm³/mol. The van der Waals surface area contributed by atoms with Gasteiger partial charge >= 0.3 is 6.09 Å². The van der Waals surface area contributed by atoms with Gasteiger partial charge in [-0.3, -0.25) is 9.69 Å². The van der Waals surface area contributed by atoms with E-state index in [1.165, 1.54) is 16.2 Å². The summed E-state index contributed by atoms with van der Waals surface area (Å²) in [5.41, 5.74) is -1.34. The van der Waals surface area contributed by atoms with E-state index in [1.54, 1.807) is 6.07 Å². The van der Waals surface area contributed by atoms with Crippen molar-refractivity contribution in [1.82, 2.24) is 14.9 Å². The molecule has 0 bridgehead atoms. The summed E-state index contributed by atoms with van der Waals surface area (Å²) in [6, 6.07) is 11.1. The summed E-state index contributed by atoms with van der Waals surface area (Å²) in [4.78, 5) is 34.1. The summed E-state index contributed by atoms with van der Waals surface area (Å²) < 4.78 is 7.42. The van der Waals surface area contributed by atoms with Gasteiger partial charge in [-0.05, 0) is 39.5 Å². The Morgan fingerprint density at radius 1 is 1.37 bits per heavy atom. The van der Waals surface area contributed by atoms with Gasteiger partial charge in [0.1, 0.15) is 27.9 Å². The highest BCUT2D eigenvalue weighted by molar-refractivity contribution is 9.11. The average molecular weight is 492 g/mol. The number of fused-ring (bicyclic) bond motifs is 1. The molecule has 2 atom stereocenters. The van der Waals surface area contributed by atoms with Gasteiger partial charge in [-0.2, -0.15) is 0 Å². The van der Waals surface area contributed by atoms with Crippen LogP contribution in [0.15, 0.2) is 45.0 Å². The average Bonchev–Trinajstić information content (AvgIpc) is 3.23. The second-order valence-corrected chi connectivity index (χ2v) is 10.9. The molecule has 0 aliphatic carbocycles. The Bertz CT molecular complexity index is 1150. The van der Waals surface area contributed by atoms with Crippen LogP contribution in [-0.2, 0) is 5.54 Å². The maximum Gasteiger partial charge on any atom is 0.408 e. The van der Waals surface area contributed by atoms with Crippen molar-refractivity contribution >= 4 is 43.6 Å². The zero-order chi connectivity index (χ0) is 21.7. The number of amides is 1. The zero-order valence-corrected chi connectivity index (χ0v) is 19.2. The molecule has 30 heavy (non-hydrogen) atoms.